The molecule has 0 amide bonds. The van der Waals surface area contributed by atoms with Crippen LogP contribution in [0, 0.1) is 12.8 Å². The van der Waals surface area contributed by atoms with E-state index in [4.69, 9.17) is 4.74 Å². The Morgan fingerprint density at radius 3 is 2.85 bits per heavy atom. The molecular weight excluding hydrogens is 336 g/mol. The molecule has 4 rings (SSSR count). The Morgan fingerprint density at radius 1 is 1.26 bits per heavy atom. The molecule has 0 aromatic carbocycles. The minimum absolute atomic E-state index is 0.0995. The van der Waals surface area contributed by atoms with Crippen LogP contribution in [-0.4, -0.2) is 58.7 Å². The van der Waals surface area contributed by atoms with E-state index in [1.54, 1.807) is 0 Å². The van der Waals surface area contributed by atoms with E-state index in [1.165, 1.54) is 18.4 Å². The number of hydrogen-bond acceptors (Lipinski definition) is 5. The summed E-state index contributed by atoms with van der Waals surface area (Å²) in [6.07, 6.45) is 6.22. The zero-order chi connectivity index (χ0) is 18.7. The Hall–Kier alpha value is -1.82. The number of hydrogen-bond donors (Lipinski definition) is 0. The van der Waals surface area contributed by atoms with E-state index >= 15 is 0 Å². The summed E-state index contributed by atoms with van der Waals surface area (Å²) in [5.74, 6) is 0.629. The van der Waals surface area contributed by atoms with Crippen molar-refractivity contribution in [2.75, 3.05) is 33.3 Å². The topological polar surface area (TPSA) is 41.5 Å². The van der Waals surface area contributed by atoms with Gasteiger partial charge >= 0.3 is 0 Å². The fourth-order valence-corrected chi connectivity index (χ4v) is 4.42. The van der Waals surface area contributed by atoms with Crippen LogP contribution in [-0.2, 0) is 17.8 Å². The highest BCUT2D eigenvalue weighted by Crippen LogP contribution is 2.36. The number of likely N-dealkylation sites (tertiary alicyclic amines) is 1. The summed E-state index contributed by atoms with van der Waals surface area (Å²) in [6.45, 7) is 7.99. The Morgan fingerprint density at radius 2 is 2.15 bits per heavy atom. The molecule has 5 nitrogen and oxygen atoms in total. The Labute approximate surface area is 162 Å². The molecule has 0 unspecified atom stereocenters. The maximum Gasteiger partial charge on any atom is 0.0935 e. The van der Waals surface area contributed by atoms with Gasteiger partial charge in [0.15, 0.2) is 0 Å². The second-order valence-corrected chi connectivity index (χ2v) is 8.37. The van der Waals surface area contributed by atoms with Crippen molar-refractivity contribution < 1.29 is 4.74 Å². The molecule has 4 heterocycles. The number of aromatic nitrogens is 2. The minimum atomic E-state index is 0.0995. The number of pyridine rings is 2. The number of aryl methyl sites for hydroxylation is 1. The Balaban J connectivity index is 1.19. The minimum Gasteiger partial charge on any atom is -0.372 e. The van der Waals surface area contributed by atoms with Crippen LogP contribution in [0.1, 0.15) is 29.8 Å². The van der Waals surface area contributed by atoms with Gasteiger partial charge in [-0.25, -0.2) is 0 Å². The first-order chi connectivity index (χ1) is 13.1. The summed E-state index contributed by atoms with van der Waals surface area (Å²) in [6, 6.07) is 10.4. The summed E-state index contributed by atoms with van der Waals surface area (Å²) in [7, 11) is 2.19. The fraction of sp³-hybridized carbons (Fsp3) is 0.545. The largest absolute Gasteiger partial charge is 0.372 e. The molecule has 5 heteroatoms. The van der Waals surface area contributed by atoms with Crippen molar-refractivity contribution in [1.29, 1.82) is 0 Å². The molecule has 0 saturated carbocycles. The first kappa shape index (κ1) is 18.5. The third-order valence-electron chi connectivity index (χ3n) is 5.73. The summed E-state index contributed by atoms with van der Waals surface area (Å²) >= 11 is 0. The van der Waals surface area contributed by atoms with Crippen molar-refractivity contribution >= 4 is 0 Å². The molecule has 0 bridgehead atoms. The van der Waals surface area contributed by atoms with Crippen LogP contribution in [0.2, 0.25) is 0 Å². The second kappa shape index (κ2) is 8.05. The maximum atomic E-state index is 6.36. The third-order valence-corrected chi connectivity index (χ3v) is 5.73. The number of ether oxygens (including phenoxy) is 1. The Bertz CT molecular complexity index is 735. The van der Waals surface area contributed by atoms with E-state index in [0.29, 0.717) is 5.92 Å². The van der Waals surface area contributed by atoms with Gasteiger partial charge in [0.2, 0.25) is 0 Å². The first-order valence-electron chi connectivity index (χ1n) is 9.97. The average molecular weight is 367 g/mol. The lowest BCUT2D eigenvalue weighted by atomic mass is 9.82. The highest BCUT2D eigenvalue weighted by Gasteiger charge is 2.46. The summed E-state index contributed by atoms with van der Waals surface area (Å²) < 4.78 is 6.36. The molecule has 0 radical (unpaired) electrons. The number of nitrogens with zero attached hydrogens (tertiary/aromatic N) is 4. The van der Waals surface area contributed by atoms with Gasteiger partial charge in [0.1, 0.15) is 0 Å². The van der Waals surface area contributed by atoms with Gasteiger partial charge in [-0.05, 0) is 56.5 Å². The monoisotopic (exact) mass is 366 g/mol. The molecule has 1 spiro atoms. The van der Waals surface area contributed by atoms with Crippen LogP contribution >= 0.6 is 0 Å². The molecule has 0 aliphatic carbocycles. The van der Waals surface area contributed by atoms with Gasteiger partial charge in [0.25, 0.3) is 0 Å². The third kappa shape index (κ3) is 4.72. The fourth-order valence-electron chi connectivity index (χ4n) is 4.42. The number of rotatable bonds is 6. The lowest BCUT2D eigenvalue weighted by molar-refractivity contribution is -0.183. The SMILES string of the molecule is Cc1cccc(CN2CC3(CC[C@H](CN(C)Cc4cccnc4)CO3)C2)n1. The molecular formula is C22H30N4O. The van der Waals surface area contributed by atoms with Crippen molar-refractivity contribution in [3.05, 3.63) is 59.7 Å². The van der Waals surface area contributed by atoms with Gasteiger partial charge in [-0.15, -0.1) is 0 Å². The molecule has 144 valence electrons. The molecule has 1 atom stereocenters. The highest BCUT2D eigenvalue weighted by atomic mass is 16.5. The molecule has 2 aromatic heterocycles. The van der Waals surface area contributed by atoms with Crippen molar-refractivity contribution in [2.24, 2.45) is 5.92 Å². The predicted octanol–water partition coefficient (Wildman–Crippen LogP) is 2.90. The summed E-state index contributed by atoms with van der Waals surface area (Å²) in [5.41, 5.74) is 3.63. The molecule has 2 fully saturated rings. The Kier molecular flexibility index (Phi) is 5.53. The van der Waals surface area contributed by atoms with Gasteiger partial charge in [-0.2, -0.15) is 0 Å². The zero-order valence-electron chi connectivity index (χ0n) is 16.5. The predicted molar refractivity (Wildman–Crippen MR) is 106 cm³/mol. The van der Waals surface area contributed by atoms with Crippen LogP contribution in [0.4, 0.5) is 0 Å². The second-order valence-electron chi connectivity index (χ2n) is 8.37. The van der Waals surface area contributed by atoms with Gasteiger partial charge in [0.05, 0.1) is 17.9 Å². The van der Waals surface area contributed by atoms with Crippen LogP contribution in [0.15, 0.2) is 42.7 Å². The van der Waals surface area contributed by atoms with E-state index in [-0.39, 0.29) is 5.60 Å². The normalized spacial score (nSPS) is 22.1. The van der Waals surface area contributed by atoms with E-state index in [1.807, 2.05) is 18.5 Å². The van der Waals surface area contributed by atoms with Crippen LogP contribution < -0.4 is 0 Å². The van der Waals surface area contributed by atoms with Crippen LogP contribution in [0.5, 0.6) is 0 Å². The molecule has 2 aliphatic rings. The van der Waals surface area contributed by atoms with Crippen molar-refractivity contribution in [3.63, 3.8) is 0 Å². The van der Waals surface area contributed by atoms with Crippen LogP contribution in [0.25, 0.3) is 0 Å². The lowest BCUT2D eigenvalue weighted by Crippen LogP contribution is -2.64. The van der Waals surface area contributed by atoms with E-state index in [9.17, 15) is 0 Å². The molecule has 2 saturated heterocycles. The smallest absolute Gasteiger partial charge is 0.0935 e. The van der Waals surface area contributed by atoms with E-state index < -0.39 is 0 Å². The molecule has 2 aliphatic heterocycles. The average Bonchev–Trinajstić information content (AvgIpc) is 2.63. The van der Waals surface area contributed by atoms with Gasteiger partial charge in [0, 0.05) is 50.8 Å². The lowest BCUT2D eigenvalue weighted by Gasteiger charge is -2.53. The standard InChI is InChI=1S/C22H30N4O/c1-18-5-3-7-21(24-18)14-26-16-22(17-26)9-8-20(15-27-22)13-25(2)12-19-6-4-10-23-11-19/h3-7,10-11,20H,8-9,12-17H2,1-2H3/t20-/m1/s1. The van der Waals surface area contributed by atoms with E-state index in [0.717, 1.165) is 50.7 Å². The first-order valence-corrected chi connectivity index (χ1v) is 9.97. The van der Waals surface area contributed by atoms with Gasteiger partial charge in [-0.3, -0.25) is 14.9 Å². The molecule has 27 heavy (non-hydrogen) atoms. The molecule has 0 N–H and O–H groups in total. The zero-order valence-corrected chi connectivity index (χ0v) is 16.5. The van der Waals surface area contributed by atoms with Gasteiger partial charge < -0.3 is 9.64 Å². The van der Waals surface area contributed by atoms with Gasteiger partial charge in [-0.1, -0.05) is 12.1 Å². The van der Waals surface area contributed by atoms with Crippen molar-refractivity contribution in [1.82, 2.24) is 19.8 Å². The summed E-state index contributed by atoms with van der Waals surface area (Å²) in [4.78, 5) is 13.7. The van der Waals surface area contributed by atoms with Crippen LogP contribution in [0.3, 0.4) is 0 Å². The quantitative estimate of drug-likeness (QED) is 0.786. The maximum absolute atomic E-state index is 6.36. The summed E-state index contributed by atoms with van der Waals surface area (Å²) in [5, 5.41) is 0. The molecule has 2 aromatic rings. The van der Waals surface area contributed by atoms with Crippen molar-refractivity contribution in [3.8, 4) is 0 Å². The van der Waals surface area contributed by atoms with Crippen molar-refractivity contribution in [2.45, 2.75) is 38.5 Å². The highest BCUT2D eigenvalue weighted by molar-refractivity contribution is 5.12. The van der Waals surface area contributed by atoms with E-state index in [2.05, 4.69) is 58.0 Å².